The highest BCUT2D eigenvalue weighted by Gasteiger charge is 2.46. The van der Waals surface area contributed by atoms with Crippen molar-refractivity contribution < 1.29 is 28.9 Å². The summed E-state index contributed by atoms with van der Waals surface area (Å²) in [5, 5.41) is 11.9. The summed E-state index contributed by atoms with van der Waals surface area (Å²) in [6.45, 7) is 0.755. The lowest BCUT2D eigenvalue weighted by Gasteiger charge is -2.23. The van der Waals surface area contributed by atoms with E-state index >= 15 is 0 Å². The van der Waals surface area contributed by atoms with E-state index in [1.54, 1.807) is 5.38 Å². The Morgan fingerprint density at radius 3 is 2.96 bits per heavy atom. The largest absolute Gasteiger partial charge is 0.481 e. The number of carboxylic acid groups (broad SMARTS) is 1. The maximum absolute atomic E-state index is 12.8. The van der Waals surface area contributed by atoms with Crippen molar-refractivity contribution in [2.45, 2.75) is 6.42 Å². The third-order valence-electron chi connectivity index (χ3n) is 4.86. The van der Waals surface area contributed by atoms with Gasteiger partial charge in [0.15, 0.2) is 11.5 Å². The molecule has 27 heavy (non-hydrogen) atoms. The Hall–Kier alpha value is -2.65. The Labute approximate surface area is 159 Å². The van der Waals surface area contributed by atoms with Gasteiger partial charge in [0.1, 0.15) is 16.1 Å². The minimum Gasteiger partial charge on any atom is -0.481 e. The molecular formula is C18H18N2O6S. The van der Waals surface area contributed by atoms with E-state index in [0.29, 0.717) is 35.2 Å². The summed E-state index contributed by atoms with van der Waals surface area (Å²) in [5.41, 5.74) is 0.0934. The SMILES string of the molecule is COCC1(C(=O)O)CCN(C(=O)c2csc(-c3ccc4c(c3)OCO4)n2)C1. The zero-order chi connectivity index (χ0) is 19.0. The Morgan fingerprint density at radius 2 is 2.19 bits per heavy atom. The zero-order valence-electron chi connectivity index (χ0n) is 14.6. The number of carbonyl (C=O) groups excluding carboxylic acids is 1. The summed E-state index contributed by atoms with van der Waals surface area (Å²) in [4.78, 5) is 30.4. The van der Waals surface area contributed by atoms with E-state index in [4.69, 9.17) is 14.2 Å². The molecule has 4 rings (SSSR count). The van der Waals surface area contributed by atoms with Crippen LogP contribution < -0.4 is 9.47 Å². The number of carboxylic acids is 1. The standard InChI is InChI=1S/C18H18N2O6S/c1-24-9-18(17(22)23)4-5-20(8-18)16(21)12-7-27-15(19-12)11-2-3-13-14(6-11)26-10-25-13/h2-3,6-7H,4-5,8-10H2,1H3,(H,22,23). The lowest BCUT2D eigenvalue weighted by atomic mass is 9.88. The van der Waals surface area contributed by atoms with Crippen LogP contribution in [0, 0.1) is 5.41 Å². The average Bonchev–Trinajstić information content (AvgIpc) is 3.40. The normalized spacial score (nSPS) is 20.9. The van der Waals surface area contributed by atoms with E-state index in [9.17, 15) is 14.7 Å². The van der Waals surface area contributed by atoms with E-state index < -0.39 is 11.4 Å². The van der Waals surface area contributed by atoms with Crippen LogP contribution in [0.2, 0.25) is 0 Å². The third kappa shape index (κ3) is 3.13. The molecular weight excluding hydrogens is 372 g/mol. The molecule has 1 aromatic carbocycles. The van der Waals surface area contributed by atoms with Crippen molar-refractivity contribution in [2.75, 3.05) is 33.6 Å². The van der Waals surface area contributed by atoms with E-state index in [1.165, 1.54) is 23.3 Å². The fraction of sp³-hybridized carbons (Fsp3) is 0.389. The van der Waals surface area contributed by atoms with Gasteiger partial charge in [-0.15, -0.1) is 11.3 Å². The first-order chi connectivity index (χ1) is 13.0. The molecule has 0 bridgehead atoms. The van der Waals surface area contributed by atoms with Crippen molar-refractivity contribution in [2.24, 2.45) is 5.41 Å². The van der Waals surface area contributed by atoms with E-state index in [1.807, 2.05) is 18.2 Å². The predicted octanol–water partition coefficient (Wildman–Crippen LogP) is 2.10. The Balaban J connectivity index is 1.52. The fourth-order valence-electron chi connectivity index (χ4n) is 3.37. The van der Waals surface area contributed by atoms with Gasteiger partial charge in [-0.3, -0.25) is 9.59 Å². The van der Waals surface area contributed by atoms with Crippen molar-refractivity contribution in [1.82, 2.24) is 9.88 Å². The molecule has 142 valence electrons. The molecule has 3 heterocycles. The minimum atomic E-state index is -1.05. The number of methoxy groups -OCH3 is 1. The molecule has 1 unspecified atom stereocenters. The van der Waals surface area contributed by atoms with Crippen LogP contribution in [0.5, 0.6) is 11.5 Å². The highest BCUT2D eigenvalue weighted by molar-refractivity contribution is 7.13. The molecule has 2 aromatic rings. The number of aromatic nitrogens is 1. The van der Waals surface area contributed by atoms with Gasteiger partial charge in [0.05, 0.1) is 6.61 Å². The van der Waals surface area contributed by atoms with E-state index in [-0.39, 0.29) is 25.9 Å². The fourth-order valence-corrected chi connectivity index (χ4v) is 4.16. The number of hydrogen-bond donors (Lipinski definition) is 1. The maximum Gasteiger partial charge on any atom is 0.313 e. The van der Waals surface area contributed by atoms with Gasteiger partial charge >= 0.3 is 5.97 Å². The molecule has 8 nitrogen and oxygen atoms in total. The molecule has 0 spiro atoms. The zero-order valence-corrected chi connectivity index (χ0v) is 15.5. The number of amides is 1. The molecule has 0 radical (unpaired) electrons. The number of rotatable bonds is 5. The van der Waals surface area contributed by atoms with Crippen LogP contribution in [0.15, 0.2) is 23.6 Å². The Morgan fingerprint density at radius 1 is 1.37 bits per heavy atom. The van der Waals surface area contributed by atoms with Gasteiger partial charge in [0.25, 0.3) is 5.91 Å². The molecule has 1 aromatic heterocycles. The van der Waals surface area contributed by atoms with Crippen LogP contribution in [-0.2, 0) is 9.53 Å². The van der Waals surface area contributed by atoms with Gasteiger partial charge in [-0.25, -0.2) is 4.98 Å². The van der Waals surface area contributed by atoms with Gasteiger partial charge in [-0.2, -0.15) is 0 Å². The molecule has 1 amide bonds. The van der Waals surface area contributed by atoms with Crippen LogP contribution in [0.4, 0.5) is 0 Å². The first kappa shape index (κ1) is 17.7. The van der Waals surface area contributed by atoms with Gasteiger partial charge in [0.2, 0.25) is 6.79 Å². The van der Waals surface area contributed by atoms with Crippen LogP contribution in [0.1, 0.15) is 16.9 Å². The molecule has 0 saturated carbocycles. The molecule has 9 heteroatoms. The molecule has 1 atom stereocenters. The van der Waals surface area contributed by atoms with Crippen LogP contribution in [0.25, 0.3) is 10.6 Å². The second-order valence-corrected chi connectivity index (χ2v) is 7.46. The van der Waals surface area contributed by atoms with Crippen molar-refractivity contribution in [3.8, 4) is 22.1 Å². The summed E-state index contributed by atoms with van der Waals surface area (Å²) in [7, 11) is 1.47. The first-order valence-electron chi connectivity index (χ1n) is 8.39. The Kier molecular flexibility index (Phi) is 4.48. The number of nitrogens with zero attached hydrogens (tertiary/aromatic N) is 2. The summed E-state index contributed by atoms with van der Waals surface area (Å²) < 4.78 is 15.7. The monoisotopic (exact) mass is 390 g/mol. The molecule has 0 aliphatic carbocycles. The van der Waals surface area contributed by atoms with Crippen LogP contribution >= 0.6 is 11.3 Å². The third-order valence-corrected chi connectivity index (χ3v) is 5.75. The first-order valence-corrected chi connectivity index (χ1v) is 9.27. The van der Waals surface area contributed by atoms with Crippen molar-refractivity contribution in [1.29, 1.82) is 0 Å². The number of hydrogen-bond acceptors (Lipinski definition) is 7. The number of ether oxygens (including phenoxy) is 3. The predicted molar refractivity (Wildman–Crippen MR) is 96.1 cm³/mol. The molecule has 2 aliphatic heterocycles. The van der Waals surface area contributed by atoms with Gasteiger partial charge in [0, 0.05) is 31.1 Å². The summed E-state index contributed by atoms with van der Waals surface area (Å²) in [6.07, 6.45) is 0.362. The van der Waals surface area contributed by atoms with Crippen LogP contribution in [-0.4, -0.2) is 60.5 Å². The van der Waals surface area contributed by atoms with E-state index in [2.05, 4.69) is 4.98 Å². The summed E-state index contributed by atoms with van der Waals surface area (Å²) in [5.74, 6) is 0.129. The number of aliphatic carboxylic acids is 1. The van der Waals surface area contributed by atoms with Gasteiger partial charge in [-0.1, -0.05) is 0 Å². The van der Waals surface area contributed by atoms with Crippen molar-refractivity contribution >= 4 is 23.2 Å². The molecule has 1 fully saturated rings. The van der Waals surface area contributed by atoms with Gasteiger partial charge < -0.3 is 24.2 Å². The second kappa shape index (κ2) is 6.82. The quantitative estimate of drug-likeness (QED) is 0.835. The number of fused-ring (bicyclic) bond motifs is 1. The second-order valence-electron chi connectivity index (χ2n) is 6.60. The number of thiazole rings is 1. The average molecular weight is 390 g/mol. The lowest BCUT2D eigenvalue weighted by Crippen LogP contribution is -2.40. The Bertz CT molecular complexity index is 898. The van der Waals surface area contributed by atoms with E-state index in [0.717, 1.165) is 5.56 Å². The van der Waals surface area contributed by atoms with Crippen LogP contribution in [0.3, 0.4) is 0 Å². The van der Waals surface area contributed by atoms with Crippen molar-refractivity contribution in [3.05, 3.63) is 29.3 Å². The lowest BCUT2D eigenvalue weighted by molar-refractivity contribution is -0.151. The summed E-state index contributed by atoms with van der Waals surface area (Å²) in [6, 6.07) is 5.51. The highest BCUT2D eigenvalue weighted by atomic mass is 32.1. The minimum absolute atomic E-state index is 0.0750. The maximum atomic E-state index is 12.8. The number of carbonyl (C=O) groups is 2. The highest BCUT2D eigenvalue weighted by Crippen LogP contribution is 2.37. The number of likely N-dealkylation sites (tertiary alicyclic amines) is 1. The number of benzene rings is 1. The molecule has 1 saturated heterocycles. The summed E-state index contributed by atoms with van der Waals surface area (Å²) >= 11 is 1.36. The van der Waals surface area contributed by atoms with Crippen molar-refractivity contribution in [3.63, 3.8) is 0 Å². The topological polar surface area (TPSA) is 98.2 Å². The molecule has 1 N–H and O–H groups in total. The van der Waals surface area contributed by atoms with Gasteiger partial charge in [-0.05, 0) is 24.6 Å². The smallest absolute Gasteiger partial charge is 0.313 e. The molecule has 2 aliphatic rings.